The molecule has 0 aliphatic heterocycles. The third-order valence-corrected chi connectivity index (χ3v) is 6.64. The quantitative estimate of drug-likeness (QED) is 0.432. The lowest BCUT2D eigenvalue weighted by atomic mass is 10.00. The molecule has 1 heterocycles. The zero-order valence-electron chi connectivity index (χ0n) is 17.9. The number of hydrogen-bond donors (Lipinski definition) is 2. The Kier molecular flexibility index (Phi) is 5.44. The first kappa shape index (κ1) is 21.5. The van der Waals surface area contributed by atoms with Crippen LogP contribution in [0.25, 0.3) is 22.2 Å². The maximum absolute atomic E-state index is 12.6. The maximum Gasteiger partial charge on any atom is 0.336 e. The number of sulfonamides is 1. The number of benzene rings is 3. The SMILES string of the molecule is Cc1ccc(S(=O)(=O)Nc2ccc(-c3cc(C(=O)O)c4cc(C)cc(C)c4n3)cc2)cc1. The van der Waals surface area contributed by atoms with Crippen LogP contribution in [-0.4, -0.2) is 24.5 Å². The van der Waals surface area contributed by atoms with Gasteiger partial charge in [-0.2, -0.15) is 0 Å². The molecule has 0 radical (unpaired) electrons. The Morgan fingerprint density at radius 1 is 0.875 bits per heavy atom. The molecule has 3 aromatic carbocycles. The second-order valence-electron chi connectivity index (χ2n) is 7.83. The van der Waals surface area contributed by atoms with Crippen LogP contribution in [0, 0.1) is 20.8 Å². The molecule has 0 aliphatic rings. The molecule has 0 bridgehead atoms. The standard InChI is InChI=1S/C25H22N2O4S/c1-15-4-10-20(11-5-15)32(30,31)27-19-8-6-18(7-9-19)23-14-22(25(28)29)21-13-16(2)12-17(3)24(21)26-23/h4-14,27H,1-3H3,(H,28,29). The topological polar surface area (TPSA) is 96.4 Å². The van der Waals surface area contributed by atoms with Gasteiger partial charge in [0, 0.05) is 16.6 Å². The van der Waals surface area contributed by atoms with Gasteiger partial charge in [0.25, 0.3) is 10.0 Å². The minimum atomic E-state index is -3.71. The van der Waals surface area contributed by atoms with E-state index in [4.69, 9.17) is 0 Å². The smallest absolute Gasteiger partial charge is 0.336 e. The van der Waals surface area contributed by atoms with E-state index in [9.17, 15) is 18.3 Å². The predicted molar refractivity (Wildman–Crippen MR) is 126 cm³/mol. The summed E-state index contributed by atoms with van der Waals surface area (Å²) in [6, 6.07) is 18.6. The number of carboxylic acids is 1. The predicted octanol–water partition coefficient (Wildman–Crippen LogP) is 5.33. The molecule has 0 aliphatic carbocycles. The van der Waals surface area contributed by atoms with Crippen LogP contribution in [0.5, 0.6) is 0 Å². The van der Waals surface area contributed by atoms with E-state index in [0.29, 0.717) is 27.8 Å². The van der Waals surface area contributed by atoms with Gasteiger partial charge >= 0.3 is 5.97 Å². The van der Waals surface area contributed by atoms with Gasteiger partial charge in [-0.3, -0.25) is 4.72 Å². The fourth-order valence-electron chi connectivity index (χ4n) is 3.65. The van der Waals surface area contributed by atoms with E-state index < -0.39 is 16.0 Å². The van der Waals surface area contributed by atoms with Crippen LogP contribution >= 0.6 is 0 Å². The first-order chi connectivity index (χ1) is 15.1. The molecule has 162 valence electrons. The molecule has 4 aromatic rings. The molecule has 0 amide bonds. The van der Waals surface area contributed by atoms with Crippen LogP contribution in [-0.2, 0) is 10.0 Å². The van der Waals surface area contributed by atoms with E-state index in [-0.39, 0.29) is 10.5 Å². The summed E-state index contributed by atoms with van der Waals surface area (Å²) in [6.45, 7) is 5.71. The lowest BCUT2D eigenvalue weighted by Gasteiger charge is -2.12. The van der Waals surface area contributed by atoms with Crippen molar-refractivity contribution in [1.29, 1.82) is 0 Å². The average Bonchev–Trinajstić information content (AvgIpc) is 2.73. The van der Waals surface area contributed by atoms with Crippen molar-refractivity contribution in [3.63, 3.8) is 0 Å². The monoisotopic (exact) mass is 446 g/mol. The molecule has 0 saturated heterocycles. The van der Waals surface area contributed by atoms with Crippen LogP contribution in [0.2, 0.25) is 0 Å². The second kappa shape index (κ2) is 8.09. The number of nitrogens with one attached hydrogen (secondary N) is 1. The zero-order chi connectivity index (χ0) is 23.0. The van der Waals surface area contributed by atoms with Crippen LogP contribution in [0.3, 0.4) is 0 Å². The number of carboxylic acid groups (broad SMARTS) is 1. The van der Waals surface area contributed by atoms with E-state index in [1.165, 1.54) is 0 Å². The summed E-state index contributed by atoms with van der Waals surface area (Å²) in [5.41, 5.74) is 5.25. The van der Waals surface area contributed by atoms with Gasteiger partial charge < -0.3 is 5.11 Å². The molecular weight excluding hydrogens is 424 g/mol. The van der Waals surface area contributed by atoms with E-state index >= 15 is 0 Å². The molecule has 0 saturated carbocycles. The Morgan fingerprint density at radius 2 is 1.53 bits per heavy atom. The van der Waals surface area contributed by atoms with Gasteiger partial charge in [-0.1, -0.05) is 41.5 Å². The van der Waals surface area contributed by atoms with Gasteiger partial charge in [0.2, 0.25) is 0 Å². The van der Waals surface area contributed by atoms with Crippen LogP contribution < -0.4 is 4.72 Å². The van der Waals surface area contributed by atoms with Crippen LogP contribution in [0.4, 0.5) is 5.69 Å². The van der Waals surface area contributed by atoms with Crippen molar-refractivity contribution in [2.45, 2.75) is 25.7 Å². The molecule has 2 N–H and O–H groups in total. The van der Waals surface area contributed by atoms with Crippen LogP contribution in [0.15, 0.2) is 71.6 Å². The number of pyridine rings is 1. The van der Waals surface area contributed by atoms with Crippen molar-refractivity contribution in [2.24, 2.45) is 0 Å². The lowest BCUT2D eigenvalue weighted by molar-refractivity contribution is 0.0699. The van der Waals surface area contributed by atoms with Crippen molar-refractivity contribution in [1.82, 2.24) is 4.98 Å². The normalized spacial score (nSPS) is 11.5. The molecule has 0 atom stereocenters. The van der Waals surface area contributed by atoms with E-state index in [2.05, 4.69) is 9.71 Å². The molecule has 32 heavy (non-hydrogen) atoms. The summed E-state index contributed by atoms with van der Waals surface area (Å²) in [4.78, 5) is 16.8. The highest BCUT2D eigenvalue weighted by Crippen LogP contribution is 2.29. The third-order valence-electron chi connectivity index (χ3n) is 5.24. The van der Waals surface area contributed by atoms with Gasteiger partial charge in [-0.25, -0.2) is 18.2 Å². The Morgan fingerprint density at radius 3 is 2.16 bits per heavy atom. The van der Waals surface area contributed by atoms with Crippen molar-refractivity contribution < 1.29 is 18.3 Å². The van der Waals surface area contributed by atoms with Crippen molar-refractivity contribution in [3.8, 4) is 11.3 Å². The fraction of sp³-hybridized carbons (Fsp3) is 0.120. The largest absolute Gasteiger partial charge is 0.478 e. The number of rotatable bonds is 5. The fourth-order valence-corrected chi connectivity index (χ4v) is 4.70. The van der Waals surface area contributed by atoms with E-state index in [0.717, 1.165) is 16.7 Å². The Hall–Kier alpha value is -3.71. The lowest BCUT2D eigenvalue weighted by Crippen LogP contribution is -2.12. The highest BCUT2D eigenvalue weighted by Gasteiger charge is 2.16. The molecule has 1 aromatic heterocycles. The van der Waals surface area contributed by atoms with Crippen molar-refractivity contribution >= 4 is 32.6 Å². The Labute approximate surface area is 186 Å². The molecule has 4 rings (SSSR count). The number of aryl methyl sites for hydroxylation is 3. The number of nitrogens with zero attached hydrogens (tertiary/aromatic N) is 1. The summed E-state index contributed by atoms with van der Waals surface area (Å²) in [5, 5.41) is 10.3. The van der Waals surface area contributed by atoms with Gasteiger partial charge in [0.1, 0.15) is 0 Å². The van der Waals surface area contributed by atoms with Gasteiger partial charge in [-0.05, 0) is 62.7 Å². The zero-order valence-corrected chi connectivity index (χ0v) is 18.7. The van der Waals surface area contributed by atoms with E-state index in [1.54, 1.807) is 54.6 Å². The van der Waals surface area contributed by atoms with Gasteiger partial charge in [0.15, 0.2) is 0 Å². The number of anilines is 1. The molecule has 0 unspecified atom stereocenters. The van der Waals surface area contributed by atoms with Crippen molar-refractivity contribution in [3.05, 3.63) is 89.0 Å². The average molecular weight is 447 g/mol. The summed E-state index contributed by atoms with van der Waals surface area (Å²) >= 11 is 0. The minimum Gasteiger partial charge on any atom is -0.478 e. The number of fused-ring (bicyclic) bond motifs is 1. The third kappa shape index (κ3) is 4.20. The molecule has 0 fully saturated rings. The number of carbonyl (C=O) groups is 1. The summed E-state index contributed by atoms with van der Waals surface area (Å²) < 4.78 is 27.8. The summed E-state index contributed by atoms with van der Waals surface area (Å²) in [5.74, 6) is -1.02. The minimum absolute atomic E-state index is 0.181. The molecule has 7 heteroatoms. The first-order valence-electron chi connectivity index (χ1n) is 9.99. The van der Waals surface area contributed by atoms with Gasteiger partial charge in [-0.15, -0.1) is 0 Å². The van der Waals surface area contributed by atoms with Crippen molar-refractivity contribution in [2.75, 3.05) is 4.72 Å². The molecule has 6 nitrogen and oxygen atoms in total. The maximum atomic E-state index is 12.6. The second-order valence-corrected chi connectivity index (χ2v) is 9.52. The Bertz CT molecular complexity index is 1440. The highest BCUT2D eigenvalue weighted by molar-refractivity contribution is 7.92. The number of hydrogen-bond acceptors (Lipinski definition) is 4. The molecule has 0 spiro atoms. The highest BCUT2D eigenvalue weighted by atomic mass is 32.2. The summed E-state index contributed by atoms with van der Waals surface area (Å²) in [7, 11) is -3.71. The number of aromatic nitrogens is 1. The van der Waals surface area contributed by atoms with E-state index in [1.807, 2.05) is 32.9 Å². The first-order valence-corrected chi connectivity index (χ1v) is 11.5. The molecular formula is C25H22N2O4S. The summed E-state index contributed by atoms with van der Waals surface area (Å²) in [6.07, 6.45) is 0. The van der Waals surface area contributed by atoms with Crippen LogP contribution in [0.1, 0.15) is 27.0 Å². The Balaban J connectivity index is 1.70. The number of aromatic carboxylic acids is 1. The van der Waals surface area contributed by atoms with Gasteiger partial charge in [0.05, 0.1) is 21.7 Å².